The van der Waals surface area contributed by atoms with Crippen LogP contribution in [0.5, 0.6) is 17.2 Å². The number of carbonyl (C=O) groups is 1. The van der Waals surface area contributed by atoms with Crippen LogP contribution in [0.4, 0.5) is 5.69 Å². The van der Waals surface area contributed by atoms with Crippen molar-refractivity contribution in [3.63, 3.8) is 0 Å². The van der Waals surface area contributed by atoms with Crippen LogP contribution in [0, 0.1) is 0 Å². The van der Waals surface area contributed by atoms with E-state index in [9.17, 15) is 4.79 Å². The van der Waals surface area contributed by atoms with Crippen molar-refractivity contribution in [3.05, 3.63) is 48.8 Å². The van der Waals surface area contributed by atoms with Crippen LogP contribution in [0.15, 0.2) is 53.8 Å². The van der Waals surface area contributed by atoms with Crippen molar-refractivity contribution in [2.75, 3.05) is 31.4 Å². The van der Waals surface area contributed by atoms with Crippen LogP contribution in [-0.2, 0) is 4.79 Å². The molecule has 0 spiro atoms. The highest BCUT2D eigenvalue weighted by Gasteiger charge is 2.16. The SMILES string of the molecule is CCOc1ccc(OCC)c(NC(=O)CSc2ncnc3c(-c4ccc(OC)cc4)nsc23)c1. The maximum atomic E-state index is 12.7. The lowest BCUT2D eigenvalue weighted by molar-refractivity contribution is -0.113. The van der Waals surface area contributed by atoms with Crippen LogP contribution in [0.1, 0.15) is 13.8 Å². The van der Waals surface area contributed by atoms with Gasteiger partial charge in [-0.1, -0.05) is 11.8 Å². The van der Waals surface area contributed by atoms with Crippen molar-refractivity contribution in [2.45, 2.75) is 18.9 Å². The minimum Gasteiger partial charge on any atom is -0.497 e. The van der Waals surface area contributed by atoms with Gasteiger partial charge in [-0.05, 0) is 61.8 Å². The summed E-state index contributed by atoms with van der Waals surface area (Å²) in [7, 11) is 1.63. The Labute approximate surface area is 205 Å². The quantitative estimate of drug-likeness (QED) is 0.234. The van der Waals surface area contributed by atoms with Crippen LogP contribution in [0.2, 0.25) is 0 Å². The lowest BCUT2D eigenvalue weighted by Gasteiger charge is -2.13. The van der Waals surface area contributed by atoms with Crippen molar-refractivity contribution in [1.82, 2.24) is 14.3 Å². The summed E-state index contributed by atoms with van der Waals surface area (Å²) in [5, 5.41) is 3.64. The van der Waals surface area contributed by atoms with Crippen molar-refractivity contribution < 1.29 is 19.0 Å². The molecule has 0 saturated heterocycles. The summed E-state index contributed by atoms with van der Waals surface area (Å²) in [6, 6.07) is 13.1. The molecule has 0 bridgehead atoms. The molecule has 4 rings (SSSR count). The maximum absolute atomic E-state index is 12.7. The lowest BCUT2D eigenvalue weighted by Crippen LogP contribution is -2.15. The molecule has 34 heavy (non-hydrogen) atoms. The van der Waals surface area contributed by atoms with E-state index in [1.54, 1.807) is 19.2 Å². The Morgan fingerprint density at radius 1 is 1.03 bits per heavy atom. The van der Waals surface area contributed by atoms with E-state index in [-0.39, 0.29) is 11.7 Å². The molecule has 8 nitrogen and oxygen atoms in total. The average Bonchev–Trinajstić information content (AvgIpc) is 3.29. The molecule has 1 amide bonds. The first kappa shape index (κ1) is 23.8. The third-order valence-corrected chi connectivity index (χ3v) is 6.72. The van der Waals surface area contributed by atoms with Crippen LogP contribution >= 0.6 is 23.3 Å². The molecule has 2 aromatic carbocycles. The van der Waals surface area contributed by atoms with Gasteiger partial charge >= 0.3 is 0 Å². The van der Waals surface area contributed by atoms with Gasteiger partial charge in [-0.3, -0.25) is 4.79 Å². The predicted molar refractivity (Wildman–Crippen MR) is 135 cm³/mol. The highest BCUT2D eigenvalue weighted by Crippen LogP contribution is 2.35. The Morgan fingerprint density at radius 3 is 2.53 bits per heavy atom. The molecule has 0 aliphatic carbocycles. The maximum Gasteiger partial charge on any atom is 0.234 e. The standard InChI is InChI=1S/C24H24N4O4S2/c1-4-31-17-10-11-19(32-5-2)18(12-17)27-20(29)13-33-24-23-22(25-14-26-24)21(28-34-23)15-6-8-16(30-3)9-7-15/h6-12,14H,4-5,13H2,1-3H3,(H,27,29). The van der Waals surface area contributed by atoms with E-state index in [1.807, 2.05) is 44.2 Å². The third kappa shape index (κ3) is 5.40. The summed E-state index contributed by atoms with van der Waals surface area (Å²) >= 11 is 2.66. The van der Waals surface area contributed by atoms with Crippen LogP contribution in [0.25, 0.3) is 21.5 Å². The zero-order valence-corrected chi connectivity index (χ0v) is 20.7. The van der Waals surface area contributed by atoms with Gasteiger partial charge in [0.25, 0.3) is 0 Å². The Balaban J connectivity index is 1.49. The number of aromatic nitrogens is 3. The highest BCUT2D eigenvalue weighted by molar-refractivity contribution is 8.00. The molecule has 0 aliphatic rings. The Kier molecular flexibility index (Phi) is 7.81. The molecule has 10 heteroatoms. The van der Waals surface area contributed by atoms with Crippen LogP contribution in [0.3, 0.4) is 0 Å². The molecule has 0 aliphatic heterocycles. The molecule has 2 heterocycles. The van der Waals surface area contributed by atoms with Crippen LogP contribution < -0.4 is 19.5 Å². The fraction of sp³-hybridized carbons (Fsp3) is 0.250. The Morgan fingerprint density at radius 2 is 1.79 bits per heavy atom. The van der Waals surface area contributed by atoms with Crippen molar-refractivity contribution in [2.24, 2.45) is 0 Å². The number of thioether (sulfide) groups is 1. The number of amides is 1. The number of hydrogen-bond acceptors (Lipinski definition) is 9. The normalized spacial score (nSPS) is 10.8. The van der Waals surface area contributed by atoms with E-state index < -0.39 is 0 Å². The van der Waals surface area contributed by atoms with E-state index >= 15 is 0 Å². The monoisotopic (exact) mass is 496 g/mol. The van der Waals surface area contributed by atoms with E-state index in [4.69, 9.17) is 14.2 Å². The first-order valence-corrected chi connectivity index (χ1v) is 12.5. The van der Waals surface area contributed by atoms with Gasteiger partial charge in [0.2, 0.25) is 5.91 Å². The second kappa shape index (κ2) is 11.2. The third-order valence-electron chi connectivity index (χ3n) is 4.76. The molecule has 0 radical (unpaired) electrons. The summed E-state index contributed by atoms with van der Waals surface area (Å²) in [4.78, 5) is 21.6. The number of anilines is 1. The molecular weight excluding hydrogens is 472 g/mol. The first-order chi connectivity index (χ1) is 16.6. The molecule has 2 aromatic heterocycles. The van der Waals surface area contributed by atoms with Crippen molar-refractivity contribution >= 4 is 45.1 Å². The van der Waals surface area contributed by atoms with Gasteiger partial charge in [0.1, 0.15) is 44.5 Å². The van der Waals surface area contributed by atoms with E-state index in [2.05, 4.69) is 19.7 Å². The number of nitrogens with one attached hydrogen (secondary N) is 1. The fourth-order valence-electron chi connectivity index (χ4n) is 3.25. The van der Waals surface area contributed by atoms with E-state index in [1.165, 1.54) is 29.6 Å². The predicted octanol–water partition coefficient (Wildman–Crippen LogP) is 5.29. The number of nitrogens with zero attached hydrogens (tertiary/aromatic N) is 3. The molecule has 0 saturated carbocycles. The van der Waals surface area contributed by atoms with E-state index in [0.717, 1.165) is 27.2 Å². The van der Waals surface area contributed by atoms with Crippen LogP contribution in [-0.4, -0.2) is 46.3 Å². The topological polar surface area (TPSA) is 95.5 Å². The summed E-state index contributed by atoms with van der Waals surface area (Å²) in [5.74, 6) is 2.04. The molecular formula is C24H24N4O4S2. The first-order valence-electron chi connectivity index (χ1n) is 10.7. The summed E-state index contributed by atoms with van der Waals surface area (Å²) in [6.45, 7) is 4.83. The van der Waals surface area contributed by atoms with Crippen molar-refractivity contribution in [3.8, 4) is 28.5 Å². The van der Waals surface area contributed by atoms with Gasteiger partial charge in [-0.15, -0.1) is 0 Å². The smallest absolute Gasteiger partial charge is 0.234 e. The second-order valence-electron chi connectivity index (χ2n) is 6.98. The number of fused-ring (bicyclic) bond motifs is 1. The number of rotatable bonds is 10. The number of carbonyl (C=O) groups excluding carboxylic acids is 1. The number of ether oxygens (including phenoxy) is 3. The lowest BCUT2D eigenvalue weighted by atomic mass is 10.1. The Hall–Kier alpha value is -3.37. The minimum atomic E-state index is -0.175. The average molecular weight is 497 g/mol. The zero-order chi connectivity index (χ0) is 23.9. The summed E-state index contributed by atoms with van der Waals surface area (Å²) in [6.07, 6.45) is 1.50. The molecule has 176 valence electrons. The zero-order valence-electron chi connectivity index (χ0n) is 19.0. The number of hydrogen-bond donors (Lipinski definition) is 1. The largest absolute Gasteiger partial charge is 0.497 e. The molecule has 4 aromatic rings. The Bertz CT molecular complexity index is 1280. The van der Waals surface area contributed by atoms with E-state index in [0.29, 0.717) is 35.4 Å². The second-order valence-corrected chi connectivity index (χ2v) is 8.71. The van der Waals surface area contributed by atoms with Crippen molar-refractivity contribution in [1.29, 1.82) is 0 Å². The molecule has 1 N–H and O–H groups in total. The summed E-state index contributed by atoms with van der Waals surface area (Å²) < 4.78 is 21.9. The van der Waals surface area contributed by atoms with Gasteiger partial charge in [-0.2, -0.15) is 4.37 Å². The molecule has 0 atom stereocenters. The molecule has 0 unspecified atom stereocenters. The summed E-state index contributed by atoms with van der Waals surface area (Å²) in [5.41, 5.74) is 3.06. The van der Waals surface area contributed by atoms with Gasteiger partial charge in [0.15, 0.2) is 0 Å². The van der Waals surface area contributed by atoms with Gasteiger partial charge in [0.05, 0.1) is 31.8 Å². The fourth-order valence-corrected chi connectivity index (χ4v) is 4.97. The van der Waals surface area contributed by atoms with Gasteiger partial charge < -0.3 is 19.5 Å². The van der Waals surface area contributed by atoms with Gasteiger partial charge in [0, 0.05) is 11.6 Å². The highest BCUT2D eigenvalue weighted by atomic mass is 32.2. The number of benzene rings is 2. The molecule has 0 fully saturated rings. The minimum absolute atomic E-state index is 0.173. The van der Waals surface area contributed by atoms with Gasteiger partial charge in [-0.25, -0.2) is 9.97 Å². The number of methoxy groups -OCH3 is 1.